The highest BCUT2D eigenvalue weighted by molar-refractivity contribution is 7.86. The standard InChI is InChI=1S/C27H55N3O5SSi/c1-9-10-11-12-13-14-15-16-17-18-19-20-21-24(34-36(8,31)32)25-23(29-30-28)22-33-37(35-25,26(2,3)4)27(5,6)7/h23-25H,9-22H2,1-8H3/t23-,24+,25-/m0/s1. The van der Waals surface area contributed by atoms with Gasteiger partial charge in [-0.3, -0.25) is 4.18 Å². The predicted octanol–water partition coefficient (Wildman–Crippen LogP) is 8.56. The normalized spacial score (nSPS) is 21.4. The van der Waals surface area contributed by atoms with Gasteiger partial charge in [0.1, 0.15) is 6.10 Å². The lowest BCUT2D eigenvalue weighted by atomic mass is 10.00. The van der Waals surface area contributed by atoms with Gasteiger partial charge in [-0.1, -0.05) is 131 Å². The van der Waals surface area contributed by atoms with Gasteiger partial charge in [-0.2, -0.15) is 8.42 Å². The third kappa shape index (κ3) is 11.6. The van der Waals surface area contributed by atoms with E-state index < -0.39 is 36.9 Å². The molecule has 1 aliphatic heterocycles. The third-order valence-corrected chi connectivity index (χ3v) is 13.0. The molecule has 3 atom stereocenters. The molecule has 0 N–H and O–H groups in total. The van der Waals surface area contributed by atoms with Gasteiger partial charge in [0, 0.05) is 21.6 Å². The second-order valence-corrected chi connectivity index (χ2v) is 19.2. The summed E-state index contributed by atoms with van der Waals surface area (Å²) in [7, 11) is -6.63. The molecule has 0 unspecified atom stereocenters. The summed E-state index contributed by atoms with van der Waals surface area (Å²) in [5, 5.41) is 3.37. The summed E-state index contributed by atoms with van der Waals surface area (Å²) < 4.78 is 43.3. The Labute approximate surface area is 228 Å². The van der Waals surface area contributed by atoms with E-state index >= 15 is 0 Å². The van der Waals surface area contributed by atoms with Crippen molar-refractivity contribution in [2.75, 3.05) is 12.9 Å². The molecule has 1 fully saturated rings. The van der Waals surface area contributed by atoms with E-state index in [0.29, 0.717) is 6.42 Å². The fourth-order valence-electron chi connectivity index (χ4n) is 5.68. The SMILES string of the molecule is CCCCCCCCCCCCCC[C@@H](OS(C)(=O)=O)[C@H]1O[Si](C(C)(C)C)(C(C)(C)C)OC[C@@H]1N=[N+]=[N-]. The summed E-state index contributed by atoms with van der Waals surface area (Å²) in [4.78, 5) is 3.00. The van der Waals surface area contributed by atoms with Crippen molar-refractivity contribution in [1.82, 2.24) is 0 Å². The Hall–Kier alpha value is -0.643. The predicted molar refractivity (Wildman–Crippen MR) is 154 cm³/mol. The van der Waals surface area contributed by atoms with Crippen molar-refractivity contribution in [3.8, 4) is 0 Å². The zero-order valence-electron chi connectivity index (χ0n) is 24.9. The van der Waals surface area contributed by atoms with E-state index in [0.717, 1.165) is 25.5 Å². The summed E-state index contributed by atoms with van der Waals surface area (Å²) in [6.45, 7) is 15.1. The van der Waals surface area contributed by atoms with E-state index in [1.165, 1.54) is 57.8 Å². The highest BCUT2D eigenvalue weighted by Crippen LogP contribution is 2.54. The Kier molecular flexibility index (Phi) is 14.7. The fraction of sp³-hybridized carbons (Fsp3) is 1.00. The Balaban J connectivity index is 2.80. The maximum atomic E-state index is 12.2. The fourth-order valence-corrected chi connectivity index (χ4v) is 11.3. The van der Waals surface area contributed by atoms with Crippen molar-refractivity contribution in [3.63, 3.8) is 0 Å². The molecule has 1 heterocycles. The lowest BCUT2D eigenvalue weighted by molar-refractivity contribution is -0.0503. The van der Waals surface area contributed by atoms with E-state index in [4.69, 9.17) is 13.0 Å². The zero-order valence-corrected chi connectivity index (χ0v) is 26.7. The van der Waals surface area contributed by atoms with Crippen LogP contribution in [-0.2, 0) is 23.2 Å². The molecule has 10 heteroatoms. The quantitative estimate of drug-likeness (QED) is 0.0441. The van der Waals surface area contributed by atoms with Gasteiger partial charge in [-0.15, -0.1) is 0 Å². The van der Waals surface area contributed by atoms with Crippen LogP contribution in [0.15, 0.2) is 5.11 Å². The number of nitrogens with zero attached hydrogens (tertiary/aromatic N) is 3. The average molecular weight is 562 g/mol. The molecular formula is C27H55N3O5SSi. The molecule has 0 amide bonds. The van der Waals surface area contributed by atoms with Crippen molar-refractivity contribution in [3.05, 3.63) is 10.4 Å². The lowest BCUT2D eigenvalue weighted by Crippen LogP contribution is -2.66. The number of azide groups is 1. The number of hydrogen-bond donors (Lipinski definition) is 0. The van der Waals surface area contributed by atoms with Crippen molar-refractivity contribution in [1.29, 1.82) is 0 Å². The second-order valence-electron chi connectivity index (χ2n) is 12.8. The smallest absolute Gasteiger partial charge is 0.349 e. The Morgan fingerprint density at radius 1 is 0.919 bits per heavy atom. The van der Waals surface area contributed by atoms with Crippen LogP contribution in [0.25, 0.3) is 10.4 Å². The van der Waals surface area contributed by atoms with E-state index in [-0.39, 0.29) is 16.7 Å². The monoisotopic (exact) mass is 561 g/mol. The van der Waals surface area contributed by atoms with Crippen LogP contribution in [0.1, 0.15) is 132 Å². The van der Waals surface area contributed by atoms with Crippen LogP contribution in [0.4, 0.5) is 0 Å². The summed E-state index contributed by atoms with van der Waals surface area (Å²) in [6, 6.07) is -0.639. The van der Waals surface area contributed by atoms with Crippen LogP contribution >= 0.6 is 0 Å². The largest absolute Gasteiger partial charge is 0.393 e. The zero-order chi connectivity index (χ0) is 28.2. The van der Waals surface area contributed by atoms with Gasteiger partial charge < -0.3 is 8.85 Å². The van der Waals surface area contributed by atoms with Crippen LogP contribution in [0.2, 0.25) is 10.1 Å². The molecule has 1 aliphatic rings. The molecule has 1 rings (SSSR count). The highest BCUT2D eigenvalue weighted by atomic mass is 32.2. The van der Waals surface area contributed by atoms with Crippen LogP contribution in [0, 0.1) is 0 Å². The number of rotatable bonds is 17. The topological polar surface area (TPSA) is 111 Å². The Morgan fingerprint density at radius 2 is 1.38 bits per heavy atom. The minimum atomic E-state index is -3.73. The van der Waals surface area contributed by atoms with Crippen LogP contribution in [0.3, 0.4) is 0 Å². The summed E-state index contributed by atoms with van der Waals surface area (Å²) in [5.41, 5.74) is 9.19. The van der Waals surface area contributed by atoms with E-state index in [9.17, 15) is 13.9 Å². The maximum absolute atomic E-state index is 12.2. The Bertz CT molecular complexity index is 790. The van der Waals surface area contributed by atoms with Crippen molar-refractivity contribution in [2.45, 2.75) is 160 Å². The molecule has 0 aromatic carbocycles. The van der Waals surface area contributed by atoms with Gasteiger partial charge in [0.15, 0.2) is 0 Å². The first-order chi connectivity index (χ1) is 17.2. The molecule has 0 radical (unpaired) electrons. The van der Waals surface area contributed by atoms with Crippen LogP contribution < -0.4 is 0 Å². The van der Waals surface area contributed by atoms with Crippen molar-refractivity contribution < 1.29 is 21.5 Å². The molecule has 0 bridgehead atoms. The number of hydrogen-bond acceptors (Lipinski definition) is 6. The molecule has 37 heavy (non-hydrogen) atoms. The molecule has 0 aromatic rings. The first-order valence-corrected chi connectivity index (χ1v) is 18.1. The van der Waals surface area contributed by atoms with Gasteiger partial charge in [0.05, 0.1) is 18.4 Å². The minimum Gasteiger partial charge on any atom is -0.393 e. The summed E-state index contributed by atoms with van der Waals surface area (Å²) in [6.07, 6.45) is 15.0. The first-order valence-electron chi connectivity index (χ1n) is 14.4. The van der Waals surface area contributed by atoms with Gasteiger partial charge >= 0.3 is 8.56 Å². The Morgan fingerprint density at radius 3 is 1.78 bits per heavy atom. The van der Waals surface area contributed by atoms with E-state index in [1.807, 2.05) is 0 Å². The van der Waals surface area contributed by atoms with E-state index in [1.54, 1.807) is 0 Å². The van der Waals surface area contributed by atoms with Gasteiger partial charge in [-0.25, -0.2) is 0 Å². The highest BCUT2D eigenvalue weighted by Gasteiger charge is 2.62. The van der Waals surface area contributed by atoms with Gasteiger partial charge in [-0.05, 0) is 12.0 Å². The minimum absolute atomic E-state index is 0.206. The lowest BCUT2D eigenvalue weighted by Gasteiger charge is -2.55. The van der Waals surface area contributed by atoms with Gasteiger partial charge in [0.2, 0.25) is 0 Å². The number of unbranched alkanes of at least 4 members (excludes halogenated alkanes) is 11. The molecule has 0 aliphatic carbocycles. The molecule has 0 saturated carbocycles. The molecule has 0 aromatic heterocycles. The van der Waals surface area contributed by atoms with Crippen LogP contribution in [0.5, 0.6) is 0 Å². The van der Waals surface area contributed by atoms with Crippen molar-refractivity contribution in [2.24, 2.45) is 5.11 Å². The van der Waals surface area contributed by atoms with Gasteiger partial charge in [0.25, 0.3) is 10.1 Å². The third-order valence-electron chi connectivity index (χ3n) is 7.32. The van der Waals surface area contributed by atoms with Crippen molar-refractivity contribution >= 4 is 18.7 Å². The average Bonchev–Trinajstić information content (AvgIpc) is 2.77. The molecular weight excluding hydrogens is 506 g/mol. The molecule has 1 saturated heterocycles. The van der Waals surface area contributed by atoms with Crippen LogP contribution in [-0.4, -0.2) is 48.1 Å². The maximum Gasteiger partial charge on any atom is 0.349 e. The molecule has 8 nitrogen and oxygen atoms in total. The van der Waals surface area contributed by atoms with E-state index in [2.05, 4.69) is 58.5 Å². The summed E-state index contributed by atoms with van der Waals surface area (Å²) in [5.74, 6) is 0. The first kappa shape index (κ1) is 34.4. The summed E-state index contributed by atoms with van der Waals surface area (Å²) >= 11 is 0. The molecule has 0 spiro atoms. The molecule has 218 valence electrons. The second kappa shape index (κ2) is 15.8.